The van der Waals surface area contributed by atoms with Crippen molar-refractivity contribution >= 4 is 5.91 Å². The molecule has 0 saturated carbocycles. The molecule has 1 fully saturated rings. The lowest BCUT2D eigenvalue weighted by Crippen LogP contribution is -2.45. The highest BCUT2D eigenvalue weighted by Crippen LogP contribution is 2.28. The fourth-order valence-electron chi connectivity index (χ4n) is 1.47. The van der Waals surface area contributed by atoms with Gasteiger partial charge in [0.2, 0.25) is 5.91 Å². The maximum atomic E-state index is 12.8. The lowest BCUT2D eigenvalue weighted by molar-refractivity contribution is -0.140. The van der Waals surface area contributed by atoms with Gasteiger partial charge in [0.05, 0.1) is 0 Å². The molecule has 0 aromatic rings. The number of rotatable bonds is 2. The fraction of sp³-hybridized carbons (Fsp3) is 0.889. The largest absolute Gasteiger partial charge is 0.342 e. The molecule has 1 amide bonds. The number of halogens is 2. The Balaban J connectivity index is 2.46. The second-order valence-electron chi connectivity index (χ2n) is 3.82. The van der Waals surface area contributed by atoms with Gasteiger partial charge in [0, 0.05) is 38.4 Å². The molecule has 14 heavy (non-hydrogen) atoms. The maximum Gasteiger partial charge on any atom is 0.251 e. The normalized spacial score (nSPS) is 23.3. The standard InChI is InChI=1S/C9H16F2N2O/c1-7(6-12)8(14)13-4-2-9(10,11)3-5-13/h7H,2-6,12H2,1H3. The van der Waals surface area contributed by atoms with Crippen LogP contribution in [0.15, 0.2) is 0 Å². The van der Waals surface area contributed by atoms with E-state index in [1.165, 1.54) is 4.90 Å². The third-order valence-corrected chi connectivity index (χ3v) is 2.58. The average Bonchev–Trinajstić information content (AvgIpc) is 2.15. The van der Waals surface area contributed by atoms with Gasteiger partial charge in [0.15, 0.2) is 0 Å². The fourth-order valence-corrected chi connectivity index (χ4v) is 1.47. The van der Waals surface area contributed by atoms with Crippen molar-refractivity contribution in [2.75, 3.05) is 19.6 Å². The molecule has 1 rings (SSSR count). The van der Waals surface area contributed by atoms with E-state index in [4.69, 9.17) is 5.73 Å². The van der Waals surface area contributed by atoms with Crippen molar-refractivity contribution in [3.05, 3.63) is 0 Å². The van der Waals surface area contributed by atoms with E-state index in [2.05, 4.69) is 0 Å². The van der Waals surface area contributed by atoms with Crippen LogP contribution < -0.4 is 5.73 Å². The van der Waals surface area contributed by atoms with Gasteiger partial charge in [-0.25, -0.2) is 8.78 Å². The van der Waals surface area contributed by atoms with Crippen LogP contribution in [0.25, 0.3) is 0 Å². The summed E-state index contributed by atoms with van der Waals surface area (Å²) >= 11 is 0. The van der Waals surface area contributed by atoms with Crippen molar-refractivity contribution in [1.29, 1.82) is 0 Å². The molecule has 1 heterocycles. The second-order valence-corrected chi connectivity index (χ2v) is 3.82. The number of piperidine rings is 1. The van der Waals surface area contributed by atoms with E-state index < -0.39 is 5.92 Å². The molecule has 82 valence electrons. The van der Waals surface area contributed by atoms with Crippen molar-refractivity contribution in [3.8, 4) is 0 Å². The molecule has 5 heteroatoms. The van der Waals surface area contributed by atoms with Gasteiger partial charge < -0.3 is 10.6 Å². The van der Waals surface area contributed by atoms with Crippen LogP contribution in [-0.2, 0) is 4.79 Å². The Morgan fingerprint density at radius 2 is 2.00 bits per heavy atom. The van der Waals surface area contributed by atoms with E-state index in [0.29, 0.717) is 0 Å². The van der Waals surface area contributed by atoms with E-state index in [0.717, 1.165) is 0 Å². The Hall–Kier alpha value is -0.710. The van der Waals surface area contributed by atoms with Crippen LogP contribution in [-0.4, -0.2) is 36.4 Å². The van der Waals surface area contributed by atoms with Gasteiger partial charge in [-0.2, -0.15) is 0 Å². The van der Waals surface area contributed by atoms with Crippen molar-refractivity contribution in [3.63, 3.8) is 0 Å². The van der Waals surface area contributed by atoms with Crippen LogP contribution in [0.3, 0.4) is 0 Å². The van der Waals surface area contributed by atoms with E-state index >= 15 is 0 Å². The monoisotopic (exact) mass is 206 g/mol. The van der Waals surface area contributed by atoms with Crippen LogP contribution in [0.1, 0.15) is 19.8 Å². The summed E-state index contributed by atoms with van der Waals surface area (Å²) in [4.78, 5) is 13.0. The second kappa shape index (κ2) is 4.21. The number of nitrogens with zero attached hydrogens (tertiary/aromatic N) is 1. The average molecular weight is 206 g/mol. The molecule has 0 aromatic carbocycles. The van der Waals surface area contributed by atoms with Crippen molar-refractivity contribution < 1.29 is 13.6 Å². The highest BCUT2D eigenvalue weighted by atomic mass is 19.3. The van der Waals surface area contributed by atoms with Crippen LogP contribution in [0, 0.1) is 5.92 Å². The molecule has 0 spiro atoms. The van der Waals surface area contributed by atoms with E-state index in [-0.39, 0.29) is 44.3 Å². The van der Waals surface area contributed by atoms with Crippen molar-refractivity contribution in [1.82, 2.24) is 4.90 Å². The SMILES string of the molecule is CC(CN)C(=O)N1CCC(F)(F)CC1. The highest BCUT2D eigenvalue weighted by molar-refractivity contribution is 5.78. The van der Waals surface area contributed by atoms with Crippen LogP contribution in [0.5, 0.6) is 0 Å². The van der Waals surface area contributed by atoms with Gasteiger partial charge in [-0.1, -0.05) is 6.92 Å². The number of hydrogen-bond donors (Lipinski definition) is 1. The quantitative estimate of drug-likeness (QED) is 0.727. The first-order valence-corrected chi connectivity index (χ1v) is 4.83. The van der Waals surface area contributed by atoms with Crippen LogP contribution in [0.4, 0.5) is 8.78 Å². The van der Waals surface area contributed by atoms with Gasteiger partial charge in [0.25, 0.3) is 5.92 Å². The van der Waals surface area contributed by atoms with Crippen LogP contribution in [0.2, 0.25) is 0 Å². The Morgan fingerprint density at radius 3 is 2.43 bits per heavy atom. The number of carbonyl (C=O) groups excluding carboxylic acids is 1. The molecule has 1 aliphatic heterocycles. The van der Waals surface area contributed by atoms with E-state index in [1.807, 2.05) is 0 Å². The molecule has 1 unspecified atom stereocenters. The van der Waals surface area contributed by atoms with Gasteiger partial charge in [0.1, 0.15) is 0 Å². The third-order valence-electron chi connectivity index (χ3n) is 2.58. The third kappa shape index (κ3) is 2.64. The van der Waals surface area contributed by atoms with Gasteiger partial charge in [-0.15, -0.1) is 0 Å². The summed E-state index contributed by atoms with van der Waals surface area (Å²) in [6, 6.07) is 0. The van der Waals surface area contributed by atoms with Crippen molar-refractivity contribution in [2.24, 2.45) is 11.7 Å². The van der Waals surface area contributed by atoms with Gasteiger partial charge in [-0.05, 0) is 0 Å². The minimum absolute atomic E-state index is 0.108. The smallest absolute Gasteiger partial charge is 0.251 e. The summed E-state index contributed by atoms with van der Waals surface area (Å²) in [6.07, 6.45) is -0.452. The first-order valence-electron chi connectivity index (χ1n) is 4.83. The first-order chi connectivity index (χ1) is 6.46. The molecule has 1 saturated heterocycles. The summed E-state index contributed by atoms with van der Waals surface area (Å²) in [5.41, 5.74) is 5.34. The number of alkyl halides is 2. The molecule has 0 aliphatic carbocycles. The molecule has 3 nitrogen and oxygen atoms in total. The summed E-state index contributed by atoms with van der Waals surface area (Å²) in [6.45, 7) is 2.28. The Morgan fingerprint density at radius 1 is 1.50 bits per heavy atom. The molecule has 0 radical (unpaired) electrons. The van der Waals surface area contributed by atoms with Gasteiger partial charge in [-0.3, -0.25) is 4.79 Å². The molecule has 1 aliphatic rings. The zero-order valence-corrected chi connectivity index (χ0v) is 8.30. The van der Waals surface area contributed by atoms with E-state index in [1.54, 1.807) is 6.92 Å². The Bertz CT molecular complexity index is 211. The minimum Gasteiger partial charge on any atom is -0.342 e. The predicted molar refractivity (Wildman–Crippen MR) is 49.0 cm³/mol. The maximum absolute atomic E-state index is 12.8. The Labute approximate surface area is 82.2 Å². The molecule has 0 bridgehead atoms. The zero-order chi connectivity index (χ0) is 10.8. The predicted octanol–water partition coefficient (Wildman–Crippen LogP) is 0.839. The molecular formula is C9H16F2N2O. The molecule has 0 aromatic heterocycles. The van der Waals surface area contributed by atoms with Crippen LogP contribution >= 0.6 is 0 Å². The molecule has 1 atom stereocenters. The Kier molecular flexibility index (Phi) is 3.42. The summed E-state index contributed by atoms with van der Waals surface area (Å²) < 4.78 is 25.5. The number of hydrogen-bond acceptors (Lipinski definition) is 2. The molecule has 2 N–H and O–H groups in total. The lowest BCUT2D eigenvalue weighted by atomic mass is 10.0. The number of carbonyl (C=O) groups is 1. The number of likely N-dealkylation sites (tertiary alicyclic amines) is 1. The van der Waals surface area contributed by atoms with E-state index in [9.17, 15) is 13.6 Å². The summed E-state index contributed by atoms with van der Waals surface area (Å²) in [5.74, 6) is -2.97. The summed E-state index contributed by atoms with van der Waals surface area (Å²) in [7, 11) is 0. The molecular weight excluding hydrogens is 190 g/mol. The minimum atomic E-state index is -2.59. The summed E-state index contributed by atoms with van der Waals surface area (Å²) in [5, 5.41) is 0. The van der Waals surface area contributed by atoms with Crippen molar-refractivity contribution in [2.45, 2.75) is 25.7 Å². The first kappa shape index (κ1) is 11.4. The lowest BCUT2D eigenvalue weighted by Gasteiger charge is -2.33. The number of amides is 1. The number of nitrogens with two attached hydrogens (primary N) is 1. The highest BCUT2D eigenvalue weighted by Gasteiger charge is 2.36. The zero-order valence-electron chi connectivity index (χ0n) is 8.30. The topological polar surface area (TPSA) is 46.3 Å². The van der Waals surface area contributed by atoms with Gasteiger partial charge >= 0.3 is 0 Å².